The second-order valence-corrected chi connectivity index (χ2v) is 5.72. The van der Waals surface area contributed by atoms with Crippen LogP contribution in [0.4, 0.5) is 0 Å². The molecule has 0 atom stereocenters. The molecule has 1 aromatic carbocycles. The van der Waals surface area contributed by atoms with Crippen molar-refractivity contribution in [2.24, 2.45) is 5.92 Å². The minimum atomic E-state index is -0.0604. The van der Waals surface area contributed by atoms with Crippen molar-refractivity contribution in [1.82, 2.24) is 5.32 Å². The Morgan fingerprint density at radius 3 is 2.70 bits per heavy atom. The van der Waals surface area contributed by atoms with Crippen LogP contribution in [0.25, 0.3) is 0 Å². The first kappa shape index (κ1) is 16.5. The fraction of sp³-hybridized carbons (Fsp3) is 0.353. The van der Waals surface area contributed by atoms with Crippen LogP contribution in [-0.2, 0) is 4.79 Å². The number of carbonyl (C=O) groups excluding carboxylic acids is 1. The topological polar surface area (TPSA) is 29.1 Å². The molecule has 0 heterocycles. The number of allylic oxidation sites excluding steroid dienone is 1. The van der Waals surface area contributed by atoms with E-state index in [0.717, 1.165) is 18.4 Å². The van der Waals surface area contributed by atoms with Gasteiger partial charge in [-0.3, -0.25) is 4.79 Å². The highest BCUT2D eigenvalue weighted by atomic mass is 79.9. The number of halogens is 1. The van der Waals surface area contributed by atoms with Gasteiger partial charge in [0.05, 0.1) is 4.48 Å². The Hall–Kier alpha value is -1.53. The third-order valence-corrected chi connectivity index (χ3v) is 3.17. The summed E-state index contributed by atoms with van der Waals surface area (Å²) in [5.41, 5.74) is 1.02. The van der Waals surface area contributed by atoms with Crippen molar-refractivity contribution < 1.29 is 4.79 Å². The standard InChI is InChI=1S/C17H20BrNO/c1-14(2)13-19-17(20)16(18)12-8-4-7-11-15-9-5-3-6-10-15/h3,5-6,9-10,12,14H,4,8,13H2,1-2H3,(H,19,20). The molecule has 1 N–H and O–H groups in total. The molecule has 1 amide bonds. The van der Waals surface area contributed by atoms with E-state index in [2.05, 4.69) is 46.9 Å². The molecule has 20 heavy (non-hydrogen) atoms. The second-order valence-electron chi connectivity index (χ2n) is 4.86. The maximum absolute atomic E-state index is 11.7. The van der Waals surface area contributed by atoms with E-state index < -0.39 is 0 Å². The average molecular weight is 334 g/mol. The van der Waals surface area contributed by atoms with Gasteiger partial charge in [0.15, 0.2) is 0 Å². The van der Waals surface area contributed by atoms with Gasteiger partial charge in [0.2, 0.25) is 0 Å². The summed E-state index contributed by atoms with van der Waals surface area (Å²) in [6.45, 7) is 4.82. The molecule has 106 valence electrons. The van der Waals surface area contributed by atoms with Gasteiger partial charge in [0, 0.05) is 18.5 Å². The molecular formula is C17H20BrNO. The van der Waals surface area contributed by atoms with Crippen molar-refractivity contribution in [1.29, 1.82) is 0 Å². The Balaban J connectivity index is 2.34. The smallest absolute Gasteiger partial charge is 0.257 e. The second kappa shape index (κ2) is 9.39. The predicted molar refractivity (Wildman–Crippen MR) is 87.4 cm³/mol. The molecule has 2 nitrogen and oxygen atoms in total. The molecule has 0 aliphatic rings. The lowest BCUT2D eigenvalue weighted by atomic mass is 10.2. The molecular weight excluding hydrogens is 314 g/mol. The lowest BCUT2D eigenvalue weighted by Gasteiger charge is -2.06. The predicted octanol–water partition coefficient (Wildman–Crippen LogP) is 3.87. The highest BCUT2D eigenvalue weighted by Gasteiger charge is 2.05. The Labute approximate surface area is 129 Å². The molecule has 0 saturated carbocycles. The Morgan fingerprint density at radius 1 is 1.35 bits per heavy atom. The minimum Gasteiger partial charge on any atom is -0.351 e. The molecule has 1 rings (SSSR count). The van der Waals surface area contributed by atoms with E-state index in [0.29, 0.717) is 16.9 Å². The molecule has 0 bridgehead atoms. The van der Waals surface area contributed by atoms with Crippen molar-refractivity contribution in [2.75, 3.05) is 6.54 Å². The maximum atomic E-state index is 11.7. The van der Waals surface area contributed by atoms with Crippen LogP contribution in [0.15, 0.2) is 40.9 Å². The third kappa shape index (κ3) is 7.16. The number of hydrogen-bond donors (Lipinski definition) is 1. The third-order valence-electron chi connectivity index (χ3n) is 2.49. The fourth-order valence-electron chi connectivity index (χ4n) is 1.43. The van der Waals surface area contributed by atoms with Crippen LogP contribution in [0.5, 0.6) is 0 Å². The van der Waals surface area contributed by atoms with E-state index in [9.17, 15) is 4.79 Å². The summed E-state index contributed by atoms with van der Waals surface area (Å²) in [7, 11) is 0. The highest BCUT2D eigenvalue weighted by Crippen LogP contribution is 2.07. The van der Waals surface area contributed by atoms with Crippen molar-refractivity contribution in [3.63, 3.8) is 0 Å². The number of benzene rings is 1. The van der Waals surface area contributed by atoms with Crippen molar-refractivity contribution in [2.45, 2.75) is 26.7 Å². The maximum Gasteiger partial charge on any atom is 0.257 e. The SMILES string of the molecule is CC(C)CNC(=O)C(Br)=CCCC#Cc1ccccc1. The number of nitrogens with one attached hydrogen (secondary N) is 1. The molecule has 0 saturated heterocycles. The number of unbranched alkanes of at least 4 members (excludes halogenated alkanes) is 1. The first-order chi connectivity index (χ1) is 9.59. The van der Waals surface area contributed by atoms with E-state index in [4.69, 9.17) is 0 Å². The fourth-order valence-corrected chi connectivity index (χ4v) is 1.80. The number of carbonyl (C=O) groups is 1. The van der Waals surface area contributed by atoms with Gasteiger partial charge >= 0.3 is 0 Å². The summed E-state index contributed by atoms with van der Waals surface area (Å²) in [4.78, 5) is 11.7. The first-order valence-electron chi connectivity index (χ1n) is 6.77. The molecule has 3 heteroatoms. The van der Waals surface area contributed by atoms with Crippen LogP contribution in [0, 0.1) is 17.8 Å². The zero-order valence-electron chi connectivity index (χ0n) is 11.9. The number of hydrogen-bond acceptors (Lipinski definition) is 1. The van der Waals surface area contributed by atoms with Gasteiger partial charge in [-0.2, -0.15) is 0 Å². The van der Waals surface area contributed by atoms with Crippen LogP contribution in [0.1, 0.15) is 32.3 Å². The van der Waals surface area contributed by atoms with Crippen LogP contribution in [0.3, 0.4) is 0 Å². The molecule has 0 aromatic heterocycles. The van der Waals surface area contributed by atoms with Gasteiger partial charge in [0.25, 0.3) is 5.91 Å². The van der Waals surface area contributed by atoms with Gasteiger partial charge in [-0.05, 0) is 40.4 Å². The van der Waals surface area contributed by atoms with Crippen molar-refractivity contribution in [3.8, 4) is 11.8 Å². The van der Waals surface area contributed by atoms with E-state index in [1.807, 2.05) is 36.4 Å². The molecule has 0 unspecified atom stereocenters. The zero-order chi connectivity index (χ0) is 14.8. The molecule has 0 aliphatic carbocycles. The summed E-state index contributed by atoms with van der Waals surface area (Å²) in [6, 6.07) is 9.89. The van der Waals surface area contributed by atoms with E-state index >= 15 is 0 Å². The normalized spacial score (nSPS) is 10.9. The summed E-state index contributed by atoms with van der Waals surface area (Å²) >= 11 is 3.29. The monoisotopic (exact) mass is 333 g/mol. The highest BCUT2D eigenvalue weighted by molar-refractivity contribution is 9.12. The molecule has 0 radical (unpaired) electrons. The summed E-state index contributed by atoms with van der Waals surface area (Å²) in [6.07, 6.45) is 3.37. The Morgan fingerprint density at radius 2 is 2.05 bits per heavy atom. The largest absolute Gasteiger partial charge is 0.351 e. The Kier molecular flexibility index (Phi) is 7.75. The molecule has 0 aliphatic heterocycles. The van der Waals surface area contributed by atoms with Crippen LogP contribution in [-0.4, -0.2) is 12.5 Å². The summed E-state index contributed by atoms with van der Waals surface area (Å²) < 4.78 is 0.583. The number of rotatable bonds is 5. The lowest BCUT2D eigenvalue weighted by Crippen LogP contribution is -2.27. The average Bonchev–Trinajstić information content (AvgIpc) is 2.45. The molecule has 0 fully saturated rings. The Bertz CT molecular complexity index is 509. The quantitative estimate of drug-likeness (QED) is 0.494. The summed E-state index contributed by atoms with van der Waals surface area (Å²) in [5.74, 6) is 6.59. The van der Waals surface area contributed by atoms with E-state index in [1.165, 1.54) is 0 Å². The first-order valence-corrected chi connectivity index (χ1v) is 7.56. The van der Waals surface area contributed by atoms with E-state index in [1.54, 1.807) is 0 Å². The van der Waals surface area contributed by atoms with Crippen molar-refractivity contribution >= 4 is 21.8 Å². The van der Waals surface area contributed by atoms with Gasteiger partial charge in [-0.1, -0.05) is 50.0 Å². The van der Waals surface area contributed by atoms with Gasteiger partial charge in [-0.15, -0.1) is 0 Å². The molecule has 0 spiro atoms. The number of amides is 1. The van der Waals surface area contributed by atoms with E-state index in [-0.39, 0.29) is 5.91 Å². The minimum absolute atomic E-state index is 0.0604. The molecule has 1 aromatic rings. The van der Waals surface area contributed by atoms with Gasteiger partial charge < -0.3 is 5.32 Å². The summed E-state index contributed by atoms with van der Waals surface area (Å²) in [5, 5.41) is 2.86. The lowest BCUT2D eigenvalue weighted by molar-refractivity contribution is -0.116. The van der Waals surface area contributed by atoms with Gasteiger partial charge in [0.1, 0.15) is 0 Å². The van der Waals surface area contributed by atoms with Crippen molar-refractivity contribution in [3.05, 3.63) is 46.5 Å². The van der Waals surface area contributed by atoms with Crippen LogP contribution < -0.4 is 5.32 Å². The zero-order valence-corrected chi connectivity index (χ0v) is 13.5. The van der Waals surface area contributed by atoms with Crippen LogP contribution >= 0.6 is 15.9 Å². The van der Waals surface area contributed by atoms with Crippen LogP contribution in [0.2, 0.25) is 0 Å². The van der Waals surface area contributed by atoms with Gasteiger partial charge in [-0.25, -0.2) is 0 Å².